The molecule has 0 bridgehead atoms. The fourth-order valence-electron chi connectivity index (χ4n) is 2.86. The first-order valence-corrected chi connectivity index (χ1v) is 7.48. The Morgan fingerprint density at radius 3 is 2.86 bits per heavy atom. The van der Waals surface area contributed by atoms with Crippen LogP contribution >= 0.6 is 0 Å². The zero-order valence-electron chi connectivity index (χ0n) is 12.1. The summed E-state index contributed by atoms with van der Waals surface area (Å²) in [6, 6.07) is 5.40. The van der Waals surface area contributed by atoms with Crippen LogP contribution in [-0.4, -0.2) is 32.3 Å². The summed E-state index contributed by atoms with van der Waals surface area (Å²) >= 11 is 0. The molecule has 2 aromatic rings. The van der Waals surface area contributed by atoms with Gasteiger partial charge in [-0.25, -0.2) is 9.78 Å². The van der Waals surface area contributed by atoms with Gasteiger partial charge in [0.05, 0.1) is 16.6 Å². The van der Waals surface area contributed by atoms with Gasteiger partial charge in [0.2, 0.25) is 0 Å². The molecule has 0 radical (unpaired) electrons. The maximum absolute atomic E-state index is 11.1. The molecule has 1 atom stereocenters. The van der Waals surface area contributed by atoms with Crippen molar-refractivity contribution in [2.75, 3.05) is 6.61 Å². The van der Waals surface area contributed by atoms with Crippen molar-refractivity contribution >= 4 is 17.0 Å². The van der Waals surface area contributed by atoms with E-state index in [0.29, 0.717) is 5.92 Å². The van der Waals surface area contributed by atoms with Gasteiger partial charge in [0.15, 0.2) is 0 Å². The number of aliphatic hydroxyl groups is 1. The molecule has 3 rings (SSSR count). The normalized spacial score (nSPS) is 16.3. The maximum Gasteiger partial charge on any atom is 0.335 e. The van der Waals surface area contributed by atoms with Crippen molar-refractivity contribution in [2.45, 2.75) is 44.6 Å². The quantitative estimate of drug-likeness (QED) is 0.857. The molecular formula is C16H20N2O3. The van der Waals surface area contributed by atoms with E-state index in [1.165, 1.54) is 0 Å². The maximum atomic E-state index is 11.1. The highest BCUT2D eigenvalue weighted by atomic mass is 16.4. The standard InChI is InChI=1S/C16H20N2O3/c1-10(3-2-8-19)18-14-7-6-12(16(20)21)9-13(14)17-15(18)11-4-5-11/h6-7,9-11,19H,2-5,8H2,1H3,(H,20,21). The molecule has 1 aliphatic rings. The number of carboxylic acids is 1. The van der Waals surface area contributed by atoms with Crippen molar-refractivity contribution in [3.05, 3.63) is 29.6 Å². The molecule has 112 valence electrons. The molecule has 1 aromatic heterocycles. The Bertz CT molecular complexity index is 673. The van der Waals surface area contributed by atoms with Crippen LogP contribution in [0.1, 0.15) is 60.7 Å². The molecule has 1 fully saturated rings. The Morgan fingerprint density at radius 2 is 2.24 bits per heavy atom. The van der Waals surface area contributed by atoms with E-state index in [-0.39, 0.29) is 18.2 Å². The molecule has 2 N–H and O–H groups in total. The van der Waals surface area contributed by atoms with Crippen LogP contribution in [0.15, 0.2) is 18.2 Å². The number of hydrogen-bond acceptors (Lipinski definition) is 3. The number of fused-ring (bicyclic) bond motifs is 1. The number of aromatic carboxylic acids is 1. The van der Waals surface area contributed by atoms with Crippen molar-refractivity contribution in [1.82, 2.24) is 9.55 Å². The lowest BCUT2D eigenvalue weighted by atomic mass is 10.1. The van der Waals surface area contributed by atoms with E-state index < -0.39 is 5.97 Å². The smallest absolute Gasteiger partial charge is 0.335 e. The Kier molecular flexibility index (Phi) is 3.68. The molecule has 0 amide bonds. The summed E-state index contributed by atoms with van der Waals surface area (Å²) in [6.07, 6.45) is 3.96. The van der Waals surface area contributed by atoms with E-state index in [9.17, 15) is 4.79 Å². The van der Waals surface area contributed by atoms with Gasteiger partial charge in [0.25, 0.3) is 0 Å². The summed E-state index contributed by atoms with van der Waals surface area (Å²) in [7, 11) is 0. The Labute approximate surface area is 123 Å². The predicted octanol–water partition coefficient (Wildman–Crippen LogP) is 2.95. The summed E-state index contributed by atoms with van der Waals surface area (Å²) < 4.78 is 2.23. The van der Waals surface area contributed by atoms with Gasteiger partial charge in [-0.2, -0.15) is 0 Å². The number of aromatic nitrogens is 2. The lowest BCUT2D eigenvalue weighted by Crippen LogP contribution is -2.09. The van der Waals surface area contributed by atoms with Gasteiger partial charge in [0, 0.05) is 18.6 Å². The predicted molar refractivity (Wildman–Crippen MR) is 79.7 cm³/mol. The van der Waals surface area contributed by atoms with Crippen LogP contribution in [-0.2, 0) is 0 Å². The number of benzene rings is 1. The fraction of sp³-hybridized carbons (Fsp3) is 0.500. The number of rotatable bonds is 6. The molecule has 0 saturated heterocycles. The summed E-state index contributed by atoms with van der Waals surface area (Å²) in [6.45, 7) is 2.33. The molecule has 1 aromatic carbocycles. The molecule has 1 aliphatic carbocycles. The van der Waals surface area contributed by atoms with Gasteiger partial charge in [-0.15, -0.1) is 0 Å². The number of carbonyl (C=O) groups is 1. The first-order valence-electron chi connectivity index (χ1n) is 7.48. The largest absolute Gasteiger partial charge is 0.478 e. The van der Waals surface area contributed by atoms with Crippen LogP contribution in [0, 0.1) is 0 Å². The lowest BCUT2D eigenvalue weighted by Gasteiger charge is -2.17. The topological polar surface area (TPSA) is 75.3 Å². The Morgan fingerprint density at radius 1 is 1.48 bits per heavy atom. The first kappa shape index (κ1) is 14.1. The van der Waals surface area contributed by atoms with Crippen LogP contribution < -0.4 is 0 Å². The number of nitrogens with zero attached hydrogens (tertiary/aromatic N) is 2. The number of imidazole rings is 1. The third-order valence-corrected chi connectivity index (χ3v) is 4.13. The molecule has 21 heavy (non-hydrogen) atoms. The average molecular weight is 288 g/mol. The summed E-state index contributed by atoms with van der Waals surface area (Å²) in [5.41, 5.74) is 2.03. The Hall–Kier alpha value is -1.88. The zero-order chi connectivity index (χ0) is 15.0. The first-order chi connectivity index (χ1) is 10.1. The van der Waals surface area contributed by atoms with E-state index in [2.05, 4.69) is 16.5 Å². The Balaban J connectivity index is 2.07. The highest BCUT2D eigenvalue weighted by Gasteiger charge is 2.31. The van der Waals surface area contributed by atoms with Crippen LogP contribution in [0.5, 0.6) is 0 Å². The summed E-state index contributed by atoms with van der Waals surface area (Å²) in [5, 5.41) is 18.1. The highest BCUT2D eigenvalue weighted by Crippen LogP contribution is 2.42. The van der Waals surface area contributed by atoms with Crippen LogP contribution in [0.2, 0.25) is 0 Å². The second-order valence-corrected chi connectivity index (χ2v) is 5.84. The van der Waals surface area contributed by atoms with Gasteiger partial charge < -0.3 is 14.8 Å². The third-order valence-electron chi connectivity index (χ3n) is 4.13. The van der Waals surface area contributed by atoms with E-state index in [1.807, 2.05) is 6.07 Å². The molecule has 5 nitrogen and oxygen atoms in total. The minimum absolute atomic E-state index is 0.193. The monoisotopic (exact) mass is 288 g/mol. The minimum atomic E-state index is -0.923. The summed E-state index contributed by atoms with van der Waals surface area (Å²) in [5.74, 6) is 0.646. The van der Waals surface area contributed by atoms with Gasteiger partial charge in [-0.1, -0.05) is 0 Å². The van der Waals surface area contributed by atoms with Crippen molar-refractivity contribution in [1.29, 1.82) is 0 Å². The van der Waals surface area contributed by atoms with Gasteiger partial charge >= 0.3 is 5.97 Å². The van der Waals surface area contributed by atoms with E-state index in [0.717, 1.165) is 42.5 Å². The SMILES string of the molecule is CC(CCCO)n1c(C2CC2)nc2cc(C(=O)O)ccc21. The van der Waals surface area contributed by atoms with Crippen LogP contribution in [0.25, 0.3) is 11.0 Å². The number of hydrogen-bond donors (Lipinski definition) is 2. The third kappa shape index (κ3) is 2.65. The van der Waals surface area contributed by atoms with Gasteiger partial charge in [-0.05, 0) is 50.8 Å². The van der Waals surface area contributed by atoms with Gasteiger partial charge in [-0.3, -0.25) is 0 Å². The van der Waals surface area contributed by atoms with E-state index >= 15 is 0 Å². The second-order valence-electron chi connectivity index (χ2n) is 5.84. The van der Waals surface area contributed by atoms with Crippen LogP contribution in [0.3, 0.4) is 0 Å². The summed E-state index contributed by atoms with van der Waals surface area (Å²) in [4.78, 5) is 15.8. The minimum Gasteiger partial charge on any atom is -0.478 e. The van der Waals surface area contributed by atoms with Crippen LogP contribution in [0.4, 0.5) is 0 Å². The van der Waals surface area contributed by atoms with Crippen molar-refractivity contribution in [2.24, 2.45) is 0 Å². The number of aliphatic hydroxyl groups excluding tert-OH is 1. The number of carboxylic acid groups (broad SMARTS) is 1. The van der Waals surface area contributed by atoms with Gasteiger partial charge in [0.1, 0.15) is 5.82 Å². The molecule has 0 aliphatic heterocycles. The molecular weight excluding hydrogens is 268 g/mol. The van der Waals surface area contributed by atoms with Crippen molar-refractivity contribution in [3.8, 4) is 0 Å². The molecule has 0 spiro atoms. The van der Waals surface area contributed by atoms with Crippen molar-refractivity contribution < 1.29 is 15.0 Å². The second kappa shape index (κ2) is 5.48. The van der Waals surface area contributed by atoms with Crippen molar-refractivity contribution in [3.63, 3.8) is 0 Å². The molecule has 5 heteroatoms. The van der Waals surface area contributed by atoms with E-state index in [4.69, 9.17) is 10.2 Å². The molecule has 1 unspecified atom stereocenters. The van der Waals surface area contributed by atoms with E-state index in [1.54, 1.807) is 12.1 Å². The highest BCUT2D eigenvalue weighted by molar-refractivity contribution is 5.92. The fourth-order valence-corrected chi connectivity index (χ4v) is 2.86. The lowest BCUT2D eigenvalue weighted by molar-refractivity contribution is 0.0697. The molecule has 1 heterocycles. The zero-order valence-corrected chi connectivity index (χ0v) is 12.1. The molecule has 1 saturated carbocycles. The average Bonchev–Trinajstić information content (AvgIpc) is 3.24.